The molecule has 1 aromatic rings. The lowest BCUT2D eigenvalue weighted by atomic mass is 9.55. The van der Waals surface area contributed by atoms with Crippen LogP contribution in [0, 0.1) is 5.41 Å². The smallest absolute Gasteiger partial charge is 0.331 e. The molecule has 2 saturated heterocycles. The van der Waals surface area contributed by atoms with Crippen molar-refractivity contribution >= 4 is 12.4 Å². The number of rotatable bonds is 2. The van der Waals surface area contributed by atoms with Crippen LogP contribution in [0.3, 0.4) is 0 Å². The van der Waals surface area contributed by atoms with Crippen molar-refractivity contribution in [1.29, 1.82) is 0 Å². The molecule has 20 heavy (non-hydrogen) atoms. The average molecular weight is 276 g/mol. The van der Waals surface area contributed by atoms with Crippen LogP contribution in [0.1, 0.15) is 53.2 Å². The fraction of sp³-hybridized carbons (Fsp3) is 0.800. The molecule has 1 atom stereocenters. The van der Waals surface area contributed by atoms with Gasteiger partial charge in [0.1, 0.15) is 6.23 Å². The van der Waals surface area contributed by atoms with E-state index in [-0.39, 0.29) is 24.2 Å². The molecule has 0 saturated carbocycles. The van der Waals surface area contributed by atoms with Crippen LogP contribution in [0.25, 0.3) is 0 Å². The molecule has 0 aliphatic carbocycles. The molecule has 5 heteroatoms. The van der Waals surface area contributed by atoms with Crippen molar-refractivity contribution in [3.63, 3.8) is 0 Å². The summed E-state index contributed by atoms with van der Waals surface area (Å²) in [4.78, 5) is 0. The van der Waals surface area contributed by atoms with Gasteiger partial charge in [-0.25, -0.2) is 4.68 Å². The third-order valence-corrected chi connectivity index (χ3v) is 5.21. The lowest BCUT2D eigenvalue weighted by Gasteiger charge is -2.34. The van der Waals surface area contributed by atoms with Crippen LogP contribution in [-0.4, -0.2) is 28.9 Å². The van der Waals surface area contributed by atoms with Crippen molar-refractivity contribution in [2.24, 2.45) is 5.41 Å². The molecule has 0 radical (unpaired) electrons. The van der Waals surface area contributed by atoms with E-state index in [0.717, 1.165) is 19.3 Å². The van der Waals surface area contributed by atoms with E-state index < -0.39 is 0 Å². The van der Waals surface area contributed by atoms with Crippen molar-refractivity contribution < 1.29 is 9.39 Å². The molecule has 2 fully saturated rings. The van der Waals surface area contributed by atoms with Crippen molar-refractivity contribution in [1.82, 2.24) is 9.78 Å². The van der Waals surface area contributed by atoms with Crippen LogP contribution in [0.2, 0.25) is 6.32 Å². The van der Waals surface area contributed by atoms with E-state index in [1.807, 2.05) is 10.9 Å². The molecule has 0 amide bonds. The normalized spacial score (nSPS) is 28.8. The summed E-state index contributed by atoms with van der Waals surface area (Å²) in [6.45, 7) is 9.92. The number of hydrogen-bond acceptors (Lipinski definition) is 3. The van der Waals surface area contributed by atoms with Gasteiger partial charge in [0.2, 0.25) is 0 Å². The van der Waals surface area contributed by atoms with E-state index >= 15 is 0 Å². The maximum atomic E-state index is 6.26. The summed E-state index contributed by atoms with van der Waals surface area (Å²) in [6.07, 6.45) is 8.65. The van der Waals surface area contributed by atoms with Gasteiger partial charge < -0.3 is 9.39 Å². The summed E-state index contributed by atoms with van der Waals surface area (Å²) in [5.41, 5.74) is 1.26. The predicted octanol–water partition coefficient (Wildman–Crippen LogP) is 2.62. The van der Waals surface area contributed by atoms with Crippen LogP contribution in [0.4, 0.5) is 0 Å². The first kappa shape index (κ1) is 14.1. The number of nitrogens with zero attached hydrogens (tertiary/aromatic N) is 2. The van der Waals surface area contributed by atoms with Gasteiger partial charge in [0.15, 0.2) is 0 Å². The van der Waals surface area contributed by atoms with Crippen molar-refractivity contribution in [3.05, 3.63) is 12.4 Å². The molecule has 1 aromatic heterocycles. The Hall–Kier alpha value is -0.805. The van der Waals surface area contributed by atoms with E-state index in [4.69, 9.17) is 9.39 Å². The molecule has 0 bridgehead atoms. The van der Waals surface area contributed by atoms with E-state index in [2.05, 4.69) is 39.0 Å². The minimum atomic E-state index is -0.0961. The molecule has 4 nitrogen and oxygen atoms in total. The molecule has 0 aromatic carbocycles. The highest BCUT2D eigenvalue weighted by atomic mass is 16.5. The monoisotopic (exact) mass is 276 g/mol. The molecular formula is C15H25BN2O2. The van der Waals surface area contributed by atoms with Gasteiger partial charge in [0.05, 0.1) is 5.60 Å². The summed E-state index contributed by atoms with van der Waals surface area (Å²) in [5.74, 6) is 0. The second-order valence-corrected chi connectivity index (χ2v) is 7.28. The zero-order valence-corrected chi connectivity index (χ0v) is 13.1. The largest absolute Gasteiger partial charge is 0.425 e. The molecule has 2 aliphatic heterocycles. The molecule has 3 rings (SSSR count). The summed E-state index contributed by atoms with van der Waals surface area (Å²) < 4.78 is 14.0. The van der Waals surface area contributed by atoms with Crippen molar-refractivity contribution in [3.8, 4) is 0 Å². The molecule has 0 spiro atoms. The molecule has 1 unspecified atom stereocenters. The predicted molar refractivity (Wildman–Crippen MR) is 80.2 cm³/mol. The Balaban J connectivity index is 1.74. The van der Waals surface area contributed by atoms with Crippen LogP contribution in [0.15, 0.2) is 12.4 Å². The van der Waals surface area contributed by atoms with Gasteiger partial charge in [-0.15, -0.1) is 0 Å². The first-order chi connectivity index (χ1) is 9.39. The van der Waals surface area contributed by atoms with E-state index in [9.17, 15) is 0 Å². The second-order valence-electron chi connectivity index (χ2n) is 7.28. The van der Waals surface area contributed by atoms with Crippen LogP contribution >= 0.6 is 0 Å². The molecule has 2 aliphatic rings. The SMILES string of the molecule is CC1(C)CB(c2cnn(C3CCCCO3)c2)OC1(C)C. The van der Waals surface area contributed by atoms with Gasteiger partial charge in [0, 0.05) is 19.0 Å². The number of ether oxygens (including phenoxy) is 1. The first-order valence-corrected chi connectivity index (χ1v) is 7.72. The first-order valence-electron chi connectivity index (χ1n) is 7.72. The minimum absolute atomic E-state index is 0.0961. The van der Waals surface area contributed by atoms with Gasteiger partial charge in [-0.05, 0) is 50.3 Å². The lowest BCUT2D eigenvalue weighted by Crippen LogP contribution is -2.35. The average Bonchev–Trinajstić information content (AvgIpc) is 2.94. The highest BCUT2D eigenvalue weighted by Gasteiger charge is 2.50. The maximum absolute atomic E-state index is 6.26. The second kappa shape index (κ2) is 4.88. The fourth-order valence-corrected chi connectivity index (χ4v) is 3.06. The highest BCUT2D eigenvalue weighted by Crippen LogP contribution is 2.45. The molecule has 110 valence electrons. The van der Waals surface area contributed by atoms with E-state index in [0.29, 0.717) is 0 Å². The standard InChI is InChI=1S/C15H25BN2O2/c1-14(2)11-16(20-15(14,3)4)12-9-17-18(10-12)13-7-5-6-8-19-13/h9-10,13H,5-8,11H2,1-4H3. The van der Waals surface area contributed by atoms with Crippen LogP contribution < -0.4 is 5.46 Å². The zero-order chi connectivity index (χ0) is 14.4. The Morgan fingerprint density at radius 2 is 2.10 bits per heavy atom. The summed E-state index contributed by atoms with van der Waals surface area (Å²) in [5, 5.41) is 4.49. The molecule has 3 heterocycles. The quantitative estimate of drug-likeness (QED) is 0.779. The Labute approximate surface area is 121 Å². The third-order valence-electron chi connectivity index (χ3n) is 5.21. The number of aromatic nitrogens is 2. The Morgan fingerprint density at radius 1 is 1.30 bits per heavy atom. The van der Waals surface area contributed by atoms with Gasteiger partial charge in [-0.3, -0.25) is 0 Å². The highest BCUT2D eigenvalue weighted by molar-refractivity contribution is 6.68. The minimum Gasteiger partial charge on any atom is -0.425 e. The van der Waals surface area contributed by atoms with Gasteiger partial charge in [0.25, 0.3) is 0 Å². The Morgan fingerprint density at radius 3 is 2.70 bits per heavy atom. The number of hydrogen-bond donors (Lipinski definition) is 0. The fourth-order valence-electron chi connectivity index (χ4n) is 3.06. The molecular weight excluding hydrogens is 251 g/mol. The molecule has 0 N–H and O–H groups in total. The Kier molecular flexibility index (Phi) is 3.45. The van der Waals surface area contributed by atoms with Gasteiger partial charge in [-0.1, -0.05) is 13.8 Å². The topological polar surface area (TPSA) is 36.3 Å². The van der Waals surface area contributed by atoms with Crippen LogP contribution in [-0.2, 0) is 9.39 Å². The summed E-state index contributed by atoms with van der Waals surface area (Å²) in [6, 6.07) is 0. The van der Waals surface area contributed by atoms with E-state index in [1.165, 1.54) is 18.3 Å². The van der Waals surface area contributed by atoms with E-state index in [1.54, 1.807) is 0 Å². The maximum Gasteiger partial charge on any atom is 0.331 e. The third kappa shape index (κ3) is 2.42. The summed E-state index contributed by atoms with van der Waals surface area (Å²) >= 11 is 0. The lowest BCUT2D eigenvalue weighted by molar-refractivity contribution is -0.0394. The Bertz CT molecular complexity index is 462. The van der Waals surface area contributed by atoms with Crippen LogP contribution in [0.5, 0.6) is 0 Å². The van der Waals surface area contributed by atoms with Gasteiger partial charge >= 0.3 is 6.92 Å². The van der Waals surface area contributed by atoms with Gasteiger partial charge in [-0.2, -0.15) is 5.10 Å². The van der Waals surface area contributed by atoms with Crippen molar-refractivity contribution in [2.45, 2.75) is 65.1 Å². The summed E-state index contributed by atoms with van der Waals surface area (Å²) in [7, 11) is 0. The zero-order valence-electron chi connectivity index (χ0n) is 13.1. The van der Waals surface area contributed by atoms with Crippen molar-refractivity contribution in [2.75, 3.05) is 6.61 Å².